The molecular weight excluding hydrogens is 283 g/mol. The highest BCUT2D eigenvalue weighted by atomic mass is 35.5. The number of carbonyl (C=O) groups is 1. The van der Waals surface area contributed by atoms with E-state index in [9.17, 15) is 19.4 Å². The van der Waals surface area contributed by atoms with Gasteiger partial charge in [-0.25, -0.2) is 4.39 Å². The maximum atomic E-state index is 12.9. The van der Waals surface area contributed by atoms with E-state index in [0.717, 1.165) is 0 Å². The third-order valence-corrected chi connectivity index (χ3v) is 3.27. The fourth-order valence-electron chi connectivity index (χ4n) is 1.98. The Labute approximate surface area is 120 Å². The molecule has 2 N–H and O–H groups in total. The summed E-state index contributed by atoms with van der Waals surface area (Å²) in [5, 5.41) is 19.5. The number of hydrogen-bond acceptors (Lipinski definition) is 2. The van der Waals surface area contributed by atoms with Crippen LogP contribution in [0.1, 0.15) is 17.0 Å². The van der Waals surface area contributed by atoms with Crippen LogP contribution in [0.5, 0.6) is 5.75 Å². The van der Waals surface area contributed by atoms with Crippen molar-refractivity contribution in [3.63, 3.8) is 0 Å². The lowest BCUT2D eigenvalue weighted by Gasteiger charge is -2.14. The van der Waals surface area contributed by atoms with Crippen LogP contribution in [0.2, 0.25) is 5.02 Å². The molecule has 2 rings (SSSR count). The fraction of sp³-hybridized carbons (Fsp3) is 0.133. The Morgan fingerprint density at radius 2 is 1.85 bits per heavy atom. The number of aliphatic carboxylic acids is 1. The van der Waals surface area contributed by atoms with E-state index in [-0.39, 0.29) is 12.2 Å². The van der Waals surface area contributed by atoms with Crippen LogP contribution in [-0.4, -0.2) is 16.2 Å². The van der Waals surface area contributed by atoms with Gasteiger partial charge in [0.15, 0.2) is 0 Å². The van der Waals surface area contributed by atoms with Crippen molar-refractivity contribution >= 4 is 17.6 Å². The minimum absolute atomic E-state index is 0.0113. The van der Waals surface area contributed by atoms with E-state index in [4.69, 9.17) is 11.6 Å². The van der Waals surface area contributed by atoms with Crippen LogP contribution in [-0.2, 0) is 11.2 Å². The number of carboxylic acid groups (broad SMARTS) is 1. The molecule has 3 nitrogen and oxygen atoms in total. The maximum absolute atomic E-state index is 12.9. The number of rotatable bonds is 4. The second-order valence-electron chi connectivity index (χ2n) is 4.42. The van der Waals surface area contributed by atoms with Crippen LogP contribution in [0.15, 0.2) is 42.5 Å². The monoisotopic (exact) mass is 294 g/mol. The summed E-state index contributed by atoms with van der Waals surface area (Å²) >= 11 is 5.84. The summed E-state index contributed by atoms with van der Waals surface area (Å²) < 4.78 is 12.9. The Bertz CT molecular complexity index is 626. The topological polar surface area (TPSA) is 57.5 Å². The normalized spacial score (nSPS) is 12.1. The Morgan fingerprint density at radius 1 is 1.20 bits per heavy atom. The predicted octanol–water partition coefficient (Wildman–Crippen LogP) is 3.60. The molecule has 0 saturated carbocycles. The third-order valence-electron chi connectivity index (χ3n) is 3.04. The highest BCUT2D eigenvalue weighted by molar-refractivity contribution is 6.30. The predicted molar refractivity (Wildman–Crippen MR) is 73.6 cm³/mol. The minimum atomic E-state index is -1.05. The summed E-state index contributed by atoms with van der Waals surface area (Å²) in [7, 11) is 0. The van der Waals surface area contributed by atoms with Gasteiger partial charge in [-0.3, -0.25) is 4.79 Å². The van der Waals surface area contributed by atoms with E-state index in [1.54, 1.807) is 0 Å². The number of aromatic hydroxyl groups is 1. The van der Waals surface area contributed by atoms with Gasteiger partial charge in [0.1, 0.15) is 11.6 Å². The number of phenolic OH excluding ortho intramolecular Hbond substituents is 1. The zero-order valence-corrected chi connectivity index (χ0v) is 11.1. The molecule has 0 spiro atoms. The summed E-state index contributed by atoms with van der Waals surface area (Å²) in [5.74, 6) is -2.36. The molecule has 5 heteroatoms. The van der Waals surface area contributed by atoms with E-state index in [1.165, 1.54) is 42.5 Å². The van der Waals surface area contributed by atoms with Gasteiger partial charge in [-0.15, -0.1) is 0 Å². The van der Waals surface area contributed by atoms with Crippen molar-refractivity contribution in [1.82, 2.24) is 0 Å². The Balaban J connectivity index is 2.32. The molecule has 2 aromatic carbocycles. The van der Waals surface area contributed by atoms with Crippen LogP contribution in [0.4, 0.5) is 4.39 Å². The molecule has 2 aromatic rings. The van der Waals surface area contributed by atoms with Crippen LogP contribution in [0.3, 0.4) is 0 Å². The van der Waals surface area contributed by atoms with Gasteiger partial charge in [-0.05, 0) is 47.9 Å². The van der Waals surface area contributed by atoms with Gasteiger partial charge >= 0.3 is 5.97 Å². The molecule has 0 saturated heterocycles. The van der Waals surface area contributed by atoms with Crippen molar-refractivity contribution < 1.29 is 19.4 Å². The molecule has 0 aliphatic carbocycles. The number of phenols is 1. The summed E-state index contributed by atoms with van der Waals surface area (Å²) in [4.78, 5) is 11.4. The molecule has 0 bridgehead atoms. The van der Waals surface area contributed by atoms with Crippen molar-refractivity contribution in [2.75, 3.05) is 0 Å². The zero-order chi connectivity index (χ0) is 14.7. The summed E-state index contributed by atoms with van der Waals surface area (Å²) in [5.41, 5.74) is 0.910. The standard InChI is InChI=1S/C15H12ClFO3/c16-11-3-6-14(18)10(7-11)8-13(15(19)20)9-1-4-12(17)5-2-9/h1-7,13,18H,8H2,(H,19,20). The van der Waals surface area contributed by atoms with E-state index < -0.39 is 17.7 Å². The molecule has 0 aliphatic rings. The first kappa shape index (κ1) is 14.3. The van der Waals surface area contributed by atoms with Gasteiger partial charge < -0.3 is 10.2 Å². The first-order chi connectivity index (χ1) is 9.47. The highest BCUT2D eigenvalue weighted by Gasteiger charge is 2.22. The first-order valence-corrected chi connectivity index (χ1v) is 6.31. The minimum Gasteiger partial charge on any atom is -0.508 e. The molecule has 0 aliphatic heterocycles. The largest absolute Gasteiger partial charge is 0.508 e. The first-order valence-electron chi connectivity index (χ1n) is 5.93. The van der Waals surface area contributed by atoms with Crippen molar-refractivity contribution in [2.24, 2.45) is 0 Å². The molecule has 0 heterocycles. The van der Waals surface area contributed by atoms with Crippen LogP contribution in [0.25, 0.3) is 0 Å². The van der Waals surface area contributed by atoms with Gasteiger partial charge in [0.05, 0.1) is 5.92 Å². The van der Waals surface area contributed by atoms with Crippen LogP contribution >= 0.6 is 11.6 Å². The number of carboxylic acids is 1. The van der Waals surface area contributed by atoms with E-state index in [2.05, 4.69) is 0 Å². The lowest BCUT2D eigenvalue weighted by molar-refractivity contribution is -0.138. The Kier molecular flexibility index (Phi) is 4.25. The van der Waals surface area contributed by atoms with Crippen molar-refractivity contribution in [2.45, 2.75) is 12.3 Å². The van der Waals surface area contributed by atoms with E-state index in [1.807, 2.05) is 0 Å². The second-order valence-corrected chi connectivity index (χ2v) is 4.86. The SMILES string of the molecule is O=C(O)C(Cc1cc(Cl)ccc1O)c1ccc(F)cc1. The summed E-state index contributed by atoms with van der Waals surface area (Å²) in [6, 6.07) is 9.74. The molecule has 1 unspecified atom stereocenters. The molecule has 0 amide bonds. The molecule has 1 atom stereocenters. The summed E-state index contributed by atoms with van der Waals surface area (Å²) in [6.45, 7) is 0. The molecule has 0 radical (unpaired) electrons. The van der Waals surface area contributed by atoms with E-state index in [0.29, 0.717) is 16.1 Å². The fourth-order valence-corrected chi connectivity index (χ4v) is 2.18. The lowest BCUT2D eigenvalue weighted by atomic mass is 9.91. The second kappa shape index (κ2) is 5.92. The third kappa shape index (κ3) is 3.27. The maximum Gasteiger partial charge on any atom is 0.311 e. The van der Waals surface area contributed by atoms with Crippen molar-refractivity contribution in [1.29, 1.82) is 0 Å². The number of hydrogen-bond donors (Lipinski definition) is 2. The Hall–Kier alpha value is -2.07. The average Bonchev–Trinajstić information content (AvgIpc) is 2.40. The van der Waals surface area contributed by atoms with Crippen LogP contribution in [0, 0.1) is 5.82 Å². The van der Waals surface area contributed by atoms with Gasteiger partial charge in [-0.2, -0.15) is 0 Å². The highest BCUT2D eigenvalue weighted by Crippen LogP contribution is 2.28. The van der Waals surface area contributed by atoms with Gasteiger partial charge in [-0.1, -0.05) is 23.7 Å². The zero-order valence-electron chi connectivity index (χ0n) is 10.4. The lowest BCUT2D eigenvalue weighted by Crippen LogP contribution is -2.14. The molecule has 20 heavy (non-hydrogen) atoms. The van der Waals surface area contributed by atoms with Gasteiger partial charge in [0.25, 0.3) is 0 Å². The molecular formula is C15H12ClFO3. The van der Waals surface area contributed by atoms with Crippen molar-refractivity contribution in [3.8, 4) is 5.75 Å². The average molecular weight is 295 g/mol. The molecule has 0 aromatic heterocycles. The van der Waals surface area contributed by atoms with E-state index >= 15 is 0 Å². The van der Waals surface area contributed by atoms with Crippen LogP contribution < -0.4 is 0 Å². The smallest absolute Gasteiger partial charge is 0.311 e. The van der Waals surface area contributed by atoms with Gasteiger partial charge in [0, 0.05) is 5.02 Å². The quantitative estimate of drug-likeness (QED) is 0.906. The molecule has 0 fully saturated rings. The summed E-state index contributed by atoms with van der Waals surface area (Å²) in [6.07, 6.45) is 0.0767. The molecule has 104 valence electrons. The number of benzene rings is 2. The van der Waals surface area contributed by atoms with Gasteiger partial charge in [0.2, 0.25) is 0 Å². The Morgan fingerprint density at radius 3 is 2.45 bits per heavy atom. The van der Waals surface area contributed by atoms with Crippen molar-refractivity contribution in [3.05, 3.63) is 64.4 Å². The number of halogens is 2.